The first-order valence-corrected chi connectivity index (χ1v) is 4.26. The number of aryl methyl sites for hydroxylation is 1. The van der Waals surface area contributed by atoms with Gasteiger partial charge in [0.1, 0.15) is 0 Å². The summed E-state index contributed by atoms with van der Waals surface area (Å²) in [7, 11) is 0. The molecule has 3 heteroatoms. The Kier molecular flexibility index (Phi) is 1.85. The van der Waals surface area contributed by atoms with Gasteiger partial charge in [0.25, 0.3) is 0 Å². The minimum Gasteiger partial charge on any atom is -0.337 e. The van der Waals surface area contributed by atoms with Crippen LogP contribution in [0.4, 0.5) is 0 Å². The van der Waals surface area contributed by atoms with E-state index >= 15 is 0 Å². The highest BCUT2D eigenvalue weighted by molar-refractivity contribution is 5.86. The molecule has 0 spiro atoms. The molecule has 2 aromatic heterocycles. The third kappa shape index (κ3) is 1.13. The SMILES string of the molecule is CCn1c(C=O)cc2ncccc21. The molecule has 0 aliphatic carbocycles. The Morgan fingerprint density at radius 3 is 3.15 bits per heavy atom. The molecule has 13 heavy (non-hydrogen) atoms. The van der Waals surface area contributed by atoms with E-state index in [-0.39, 0.29) is 0 Å². The molecule has 2 heterocycles. The molecule has 0 aromatic carbocycles. The van der Waals surface area contributed by atoms with Crippen molar-refractivity contribution in [2.24, 2.45) is 0 Å². The summed E-state index contributed by atoms with van der Waals surface area (Å²) in [6.45, 7) is 2.81. The summed E-state index contributed by atoms with van der Waals surface area (Å²) in [5.41, 5.74) is 2.59. The minimum atomic E-state index is 0.691. The number of aldehydes is 1. The molecule has 0 fully saturated rings. The van der Waals surface area contributed by atoms with E-state index in [4.69, 9.17) is 0 Å². The van der Waals surface area contributed by atoms with Gasteiger partial charge in [0.15, 0.2) is 6.29 Å². The molecule has 0 saturated carbocycles. The zero-order valence-corrected chi connectivity index (χ0v) is 7.40. The third-order valence-electron chi connectivity index (χ3n) is 2.14. The van der Waals surface area contributed by atoms with Crippen molar-refractivity contribution in [3.63, 3.8) is 0 Å². The molecule has 2 rings (SSSR count). The Labute approximate surface area is 76.0 Å². The Morgan fingerprint density at radius 2 is 2.46 bits per heavy atom. The largest absolute Gasteiger partial charge is 0.337 e. The van der Waals surface area contributed by atoms with Crippen LogP contribution in [-0.2, 0) is 6.54 Å². The van der Waals surface area contributed by atoms with Crippen LogP contribution in [0.25, 0.3) is 11.0 Å². The predicted molar refractivity (Wildman–Crippen MR) is 50.8 cm³/mol. The van der Waals surface area contributed by atoms with E-state index in [1.54, 1.807) is 6.20 Å². The molecular formula is C10H10N2O. The summed E-state index contributed by atoms with van der Waals surface area (Å²) in [5, 5.41) is 0. The fourth-order valence-electron chi connectivity index (χ4n) is 1.56. The third-order valence-corrected chi connectivity index (χ3v) is 2.14. The molecule has 0 bridgehead atoms. The van der Waals surface area contributed by atoms with Crippen LogP contribution in [0.5, 0.6) is 0 Å². The minimum absolute atomic E-state index is 0.691. The highest BCUT2D eigenvalue weighted by Crippen LogP contribution is 2.15. The predicted octanol–water partition coefficient (Wildman–Crippen LogP) is 1.87. The monoisotopic (exact) mass is 174 g/mol. The fourth-order valence-corrected chi connectivity index (χ4v) is 1.56. The smallest absolute Gasteiger partial charge is 0.166 e. The van der Waals surface area contributed by atoms with Crippen LogP contribution < -0.4 is 0 Å². The van der Waals surface area contributed by atoms with Gasteiger partial charge in [-0.3, -0.25) is 9.78 Å². The zero-order chi connectivity index (χ0) is 9.26. The summed E-state index contributed by atoms with van der Waals surface area (Å²) in [5.74, 6) is 0. The lowest BCUT2D eigenvalue weighted by atomic mass is 10.4. The standard InChI is InChI=1S/C10H10N2O/c1-2-12-8(7-13)6-9-10(12)4-3-5-11-9/h3-7H,2H2,1H3. The van der Waals surface area contributed by atoms with Gasteiger partial charge in [0.05, 0.1) is 16.7 Å². The van der Waals surface area contributed by atoms with Gasteiger partial charge in [0, 0.05) is 12.7 Å². The van der Waals surface area contributed by atoms with Crippen LogP contribution in [-0.4, -0.2) is 15.8 Å². The van der Waals surface area contributed by atoms with Crippen molar-refractivity contribution < 1.29 is 4.79 Å². The zero-order valence-electron chi connectivity index (χ0n) is 7.40. The molecule has 0 N–H and O–H groups in total. The molecule has 3 nitrogen and oxygen atoms in total. The summed E-state index contributed by atoms with van der Waals surface area (Å²) >= 11 is 0. The van der Waals surface area contributed by atoms with E-state index in [1.807, 2.05) is 29.7 Å². The summed E-state index contributed by atoms with van der Waals surface area (Å²) < 4.78 is 1.95. The lowest BCUT2D eigenvalue weighted by molar-refractivity contribution is 0.111. The number of nitrogens with zero attached hydrogens (tertiary/aromatic N) is 2. The first kappa shape index (κ1) is 7.98. The molecule has 0 aliphatic heterocycles. The Bertz CT molecular complexity index is 445. The van der Waals surface area contributed by atoms with Crippen molar-refractivity contribution in [3.05, 3.63) is 30.1 Å². The highest BCUT2D eigenvalue weighted by atomic mass is 16.1. The Hall–Kier alpha value is -1.64. The van der Waals surface area contributed by atoms with Gasteiger partial charge in [-0.25, -0.2) is 0 Å². The molecule has 0 unspecified atom stereocenters. The number of aromatic nitrogens is 2. The van der Waals surface area contributed by atoms with Crippen molar-refractivity contribution in [1.29, 1.82) is 0 Å². The second-order valence-corrected chi connectivity index (χ2v) is 2.84. The number of carbonyl (C=O) groups is 1. The molecule has 0 amide bonds. The number of carbonyl (C=O) groups excluding carboxylic acids is 1. The van der Waals surface area contributed by atoms with E-state index in [0.29, 0.717) is 5.69 Å². The maximum Gasteiger partial charge on any atom is 0.166 e. The number of hydrogen-bond donors (Lipinski definition) is 0. The maximum atomic E-state index is 10.7. The van der Waals surface area contributed by atoms with E-state index in [9.17, 15) is 4.79 Å². The topological polar surface area (TPSA) is 34.9 Å². The van der Waals surface area contributed by atoms with Crippen LogP contribution in [0, 0.1) is 0 Å². The molecule has 2 aromatic rings. The summed E-state index contributed by atoms with van der Waals surface area (Å²) in [6.07, 6.45) is 2.60. The second-order valence-electron chi connectivity index (χ2n) is 2.84. The normalized spacial score (nSPS) is 10.5. The van der Waals surface area contributed by atoms with Crippen molar-refractivity contribution in [3.8, 4) is 0 Å². The quantitative estimate of drug-likeness (QED) is 0.651. The van der Waals surface area contributed by atoms with Crippen LogP contribution >= 0.6 is 0 Å². The number of hydrogen-bond acceptors (Lipinski definition) is 2. The van der Waals surface area contributed by atoms with Crippen LogP contribution in [0.2, 0.25) is 0 Å². The lowest BCUT2D eigenvalue weighted by Crippen LogP contribution is -1.98. The van der Waals surface area contributed by atoms with Gasteiger partial charge >= 0.3 is 0 Å². The number of rotatable bonds is 2. The van der Waals surface area contributed by atoms with Crippen molar-refractivity contribution in [1.82, 2.24) is 9.55 Å². The molecule has 66 valence electrons. The van der Waals surface area contributed by atoms with Gasteiger partial charge in [-0.1, -0.05) is 0 Å². The fraction of sp³-hybridized carbons (Fsp3) is 0.200. The summed E-state index contributed by atoms with van der Waals surface area (Å²) in [4.78, 5) is 14.9. The maximum absolute atomic E-state index is 10.7. The van der Waals surface area contributed by atoms with Crippen LogP contribution in [0.3, 0.4) is 0 Å². The Morgan fingerprint density at radius 1 is 1.62 bits per heavy atom. The first-order chi connectivity index (χ1) is 6.36. The van der Waals surface area contributed by atoms with Crippen LogP contribution in [0.15, 0.2) is 24.4 Å². The van der Waals surface area contributed by atoms with E-state index in [2.05, 4.69) is 4.98 Å². The highest BCUT2D eigenvalue weighted by Gasteiger charge is 2.05. The molecule has 0 radical (unpaired) electrons. The van der Waals surface area contributed by atoms with Crippen molar-refractivity contribution >= 4 is 17.3 Å². The number of fused-ring (bicyclic) bond motifs is 1. The molecular weight excluding hydrogens is 164 g/mol. The van der Waals surface area contributed by atoms with E-state index < -0.39 is 0 Å². The molecule has 0 atom stereocenters. The van der Waals surface area contributed by atoms with Crippen LogP contribution in [0.1, 0.15) is 17.4 Å². The van der Waals surface area contributed by atoms with Gasteiger partial charge in [-0.15, -0.1) is 0 Å². The van der Waals surface area contributed by atoms with Gasteiger partial charge < -0.3 is 4.57 Å². The van der Waals surface area contributed by atoms with Crippen molar-refractivity contribution in [2.75, 3.05) is 0 Å². The average Bonchev–Trinajstić information content (AvgIpc) is 2.55. The van der Waals surface area contributed by atoms with E-state index in [1.165, 1.54) is 0 Å². The van der Waals surface area contributed by atoms with E-state index in [0.717, 1.165) is 23.9 Å². The van der Waals surface area contributed by atoms with Gasteiger partial charge in [-0.05, 0) is 25.1 Å². The lowest BCUT2D eigenvalue weighted by Gasteiger charge is -2.01. The van der Waals surface area contributed by atoms with Gasteiger partial charge in [-0.2, -0.15) is 0 Å². The second kappa shape index (κ2) is 3.01. The van der Waals surface area contributed by atoms with Gasteiger partial charge in [0.2, 0.25) is 0 Å². The average molecular weight is 174 g/mol. The first-order valence-electron chi connectivity index (χ1n) is 4.26. The Balaban J connectivity index is 2.81. The number of pyridine rings is 1. The molecule has 0 aliphatic rings. The summed E-state index contributed by atoms with van der Waals surface area (Å²) in [6, 6.07) is 5.66. The van der Waals surface area contributed by atoms with Crippen molar-refractivity contribution in [2.45, 2.75) is 13.5 Å². The molecule has 0 saturated heterocycles.